The molecule has 0 spiro atoms. The molecule has 6 heteroatoms. The standard InChI is InChI=1S/C14H18Cl2N2O.ClH/c15-12-5-3-6-13(16)11(12)8-14(19)18-7-2-1-4-10(18)9-17;/h3,5-6,10H,1-2,4,7-9,17H2;1H. The third-order valence-corrected chi connectivity index (χ3v) is 4.32. The monoisotopic (exact) mass is 336 g/mol. The maximum atomic E-state index is 12.4. The van der Waals surface area contributed by atoms with Crippen LogP contribution in [-0.2, 0) is 11.2 Å². The zero-order chi connectivity index (χ0) is 13.8. The van der Waals surface area contributed by atoms with E-state index in [-0.39, 0.29) is 30.8 Å². The van der Waals surface area contributed by atoms with Crippen LogP contribution in [-0.4, -0.2) is 29.9 Å². The summed E-state index contributed by atoms with van der Waals surface area (Å²) in [6.07, 6.45) is 3.41. The highest BCUT2D eigenvalue weighted by atomic mass is 35.5. The van der Waals surface area contributed by atoms with E-state index < -0.39 is 0 Å². The Morgan fingerprint density at radius 2 is 1.95 bits per heavy atom. The van der Waals surface area contributed by atoms with Gasteiger partial charge in [-0.15, -0.1) is 12.4 Å². The first kappa shape index (κ1) is 17.6. The van der Waals surface area contributed by atoms with Gasteiger partial charge in [0.1, 0.15) is 0 Å². The molecule has 1 fully saturated rings. The molecular weight excluding hydrogens is 319 g/mol. The van der Waals surface area contributed by atoms with Crippen LogP contribution in [0, 0.1) is 0 Å². The van der Waals surface area contributed by atoms with Crippen LogP contribution in [0.5, 0.6) is 0 Å². The molecule has 0 radical (unpaired) electrons. The summed E-state index contributed by atoms with van der Waals surface area (Å²) < 4.78 is 0. The van der Waals surface area contributed by atoms with Crippen LogP contribution in [0.25, 0.3) is 0 Å². The van der Waals surface area contributed by atoms with Gasteiger partial charge in [0.2, 0.25) is 5.91 Å². The highest BCUT2D eigenvalue weighted by Crippen LogP contribution is 2.26. The molecule has 1 atom stereocenters. The number of nitrogens with zero attached hydrogens (tertiary/aromatic N) is 1. The van der Waals surface area contributed by atoms with Crippen LogP contribution >= 0.6 is 35.6 Å². The number of nitrogens with two attached hydrogens (primary N) is 1. The molecule has 20 heavy (non-hydrogen) atoms. The van der Waals surface area contributed by atoms with E-state index in [4.69, 9.17) is 28.9 Å². The molecule has 0 aliphatic carbocycles. The van der Waals surface area contributed by atoms with Crippen LogP contribution < -0.4 is 5.73 Å². The molecule has 112 valence electrons. The molecule has 1 aromatic carbocycles. The van der Waals surface area contributed by atoms with Crippen LogP contribution in [0.15, 0.2) is 18.2 Å². The van der Waals surface area contributed by atoms with Crippen LogP contribution in [0.1, 0.15) is 24.8 Å². The summed E-state index contributed by atoms with van der Waals surface area (Å²) in [6, 6.07) is 5.45. The summed E-state index contributed by atoms with van der Waals surface area (Å²) in [7, 11) is 0. The topological polar surface area (TPSA) is 46.3 Å². The summed E-state index contributed by atoms with van der Waals surface area (Å²) in [5.41, 5.74) is 6.44. The summed E-state index contributed by atoms with van der Waals surface area (Å²) in [4.78, 5) is 14.3. The summed E-state index contributed by atoms with van der Waals surface area (Å²) in [6.45, 7) is 1.30. The predicted molar refractivity (Wildman–Crippen MR) is 85.8 cm³/mol. The Morgan fingerprint density at radius 1 is 1.30 bits per heavy atom. The zero-order valence-corrected chi connectivity index (χ0v) is 13.5. The van der Waals surface area contributed by atoms with Gasteiger partial charge in [0, 0.05) is 29.2 Å². The summed E-state index contributed by atoms with van der Waals surface area (Å²) >= 11 is 12.2. The average Bonchev–Trinajstić information content (AvgIpc) is 2.42. The predicted octanol–water partition coefficient (Wildman–Crippen LogP) is 3.30. The molecule has 1 aliphatic heterocycles. The molecule has 0 saturated carbocycles. The summed E-state index contributed by atoms with van der Waals surface area (Å²) in [5, 5.41) is 1.09. The number of likely N-dealkylation sites (tertiary alicyclic amines) is 1. The zero-order valence-electron chi connectivity index (χ0n) is 11.1. The maximum Gasteiger partial charge on any atom is 0.227 e. The number of piperidine rings is 1. The van der Waals surface area contributed by atoms with Gasteiger partial charge >= 0.3 is 0 Å². The van der Waals surface area contributed by atoms with Crippen LogP contribution in [0.4, 0.5) is 0 Å². The van der Waals surface area contributed by atoms with E-state index >= 15 is 0 Å². The number of benzene rings is 1. The lowest BCUT2D eigenvalue weighted by Gasteiger charge is -2.35. The van der Waals surface area contributed by atoms with Crippen molar-refractivity contribution < 1.29 is 4.79 Å². The van der Waals surface area contributed by atoms with Crippen molar-refractivity contribution in [1.29, 1.82) is 0 Å². The van der Waals surface area contributed by atoms with Crippen molar-refractivity contribution >= 4 is 41.5 Å². The molecular formula is C14H19Cl3N2O. The molecule has 0 bridgehead atoms. The quantitative estimate of drug-likeness (QED) is 0.920. The van der Waals surface area contributed by atoms with Crippen LogP contribution in [0.3, 0.4) is 0 Å². The highest BCUT2D eigenvalue weighted by molar-refractivity contribution is 6.36. The number of hydrogen-bond donors (Lipinski definition) is 1. The normalized spacial score (nSPS) is 18.6. The fraction of sp³-hybridized carbons (Fsp3) is 0.500. The minimum atomic E-state index is 0. The second kappa shape index (κ2) is 8.08. The van der Waals surface area contributed by atoms with Gasteiger partial charge < -0.3 is 10.6 Å². The first-order chi connectivity index (χ1) is 9.13. The van der Waals surface area contributed by atoms with Crippen LogP contribution in [0.2, 0.25) is 10.0 Å². The first-order valence-corrected chi connectivity index (χ1v) is 7.31. The Hall–Kier alpha value is -0.480. The van der Waals surface area contributed by atoms with E-state index in [0.29, 0.717) is 22.2 Å². The number of carbonyl (C=O) groups excluding carboxylic acids is 1. The van der Waals surface area contributed by atoms with Gasteiger partial charge in [0.05, 0.1) is 6.42 Å². The molecule has 1 saturated heterocycles. The fourth-order valence-electron chi connectivity index (χ4n) is 2.53. The Balaban J connectivity index is 0.00000200. The van der Waals surface area contributed by atoms with E-state index in [0.717, 1.165) is 25.8 Å². The minimum Gasteiger partial charge on any atom is -0.338 e. The molecule has 1 aliphatic rings. The third-order valence-electron chi connectivity index (χ3n) is 3.61. The van der Waals surface area contributed by atoms with Crippen molar-refractivity contribution in [1.82, 2.24) is 4.90 Å². The van der Waals surface area contributed by atoms with Crippen molar-refractivity contribution in [3.63, 3.8) is 0 Å². The van der Waals surface area contributed by atoms with E-state index in [1.807, 2.05) is 4.90 Å². The lowest BCUT2D eigenvalue weighted by molar-refractivity contribution is -0.133. The fourth-order valence-corrected chi connectivity index (χ4v) is 3.06. The van der Waals surface area contributed by atoms with E-state index in [2.05, 4.69) is 0 Å². The smallest absolute Gasteiger partial charge is 0.227 e. The van der Waals surface area contributed by atoms with Gasteiger partial charge in [0.25, 0.3) is 0 Å². The lowest BCUT2D eigenvalue weighted by Crippen LogP contribution is -2.48. The lowest BCUT2D eigenvalue weighted by atomic mass is 10.0. The Kier molecular flexibility index (Phi) is 7.10. The van der Waals surface area contributed by atoms with E-state index in [9.17, 15) is 4.79 Å². The van der Waals surface area contributed by atoms with Crippen molar-refractivity contribution in [2.75, 3.05) is 13.1 Å². The van der Waals surface area contributed by atoms with Crippen molar-refractivity contribution in [3.05, 3.63) is 33.8 Å². The van der Waals surface area contributed by atoms with Gasteiger partial charge in [0.15, 0.2) is 0 Å². The number of amides is 1. The van der Waals surface area contributed by atoms with Gasteiger partial charge in [-0.25, -0.2) is 0 Å². The number of hydrogen-bond acceptors (Lipinski definition) is 2. The summed E-state index contributed by atoms with van der Waals surface area (Å²) in [5.74, 6) is 0.0603. The van der Waals surface area contributed by atoms with E-state index in [1.54, 1.807) is 18.2 Å². The Bertz CT molecular complexity index is 447. The molecule has 3 nitrogen and oxygen atoms in total. The van der Waals surface area contributed by atoms with Crippen molar-refractivity contribution in [3.8, 4) is 0 Å². The largest absolute Gasteiger partial charge is 0.338 e. The average molecular weight is 338 g/mol. The minimum absolute atomic E-state index is 0. The molecule has 1 amide bonds. The van der Waals surface area contributed by atoms with E-state index in [1.165, 1.54) is 0 Å². The van der Waals surface area contributed by atoms with Crippen molar-refractivity contribution in [2.24, 2.45) is 5.73 Å². The second-order valence-corrected chi connectivity index (χ2v) is 5.66. The Labute approximate surface area is 135 Å². The van der Waals surface area contributed by atoms with Gasteiger partial charge in [-0.2, -0.15) is 0 Å². The molecule has 1 aromatic rings. The molecule has 1 heterocycles. The number of carbonyl (C=O) groups is 1. The second-order valence-electron chi connectivity index (χ2n) is 4.85. The molecule has 2 rings (SSSR count). The van der Waals surface area contributed by atoms with Crippen molar-refractivity contribution in [2.45, 2.75) is 31.7 Å². The number of rotatable bonds is 3. The third kappa shape index (κ3) is 4.01. The first-order valence-electron chi connectivity index (χ1n) is 6.56. The van der Waals surface area contributed by atoms with Gasteiger partial charge in [-0.1, -0.05) is 29.3 Å². The Morgan fingerprint density at radius 3 is 2.55 bits per heavy atom. The maximum absolute atomic E-state index is 12.4. The van der Waals surface area contributed by atoms with Gasteiger partial charge in [-0.05, 0) is 37.0 Å². The highest BCUT2D eigenvalue weighted by Gasteiger charge is 2.26. The molecule has 0 aromatic heterocycles. The number of halogens is 3. The van der Waals surface area contributed by atoms with Gasteiger partial charge in [-0.3, -0.25) is 4.79 Å². The molecule has 1 unspecified atom stereocenters. The molecule has 2 N–H and O–H groups in total. The SMILES string of the molecule is Cl.NCC1CCCCN1C(=O)Cc1c(Cl)cccc1Cl.